The van der Waals surface area contributed by atoms with Gasteiger partial charge in [-0.15, -0.1) is 0 Å². The van der Waals surface area contributed by atoms with E-state index in [1.54, 1.807) is 32.4 Å². The molecule has 2 N–H and O–H groups in total. The van der Waals surface area contributed by atoms with Crippen molar-refractivity contribution in [3.63, 3.8) is 0 Å². The largest absolute Gasteiger partial charge is 0.497 e. The normalized spacial score (nSPS) is 10.2. The number of ether oxygens (including phenoxy) is 2. The number of aliphatic hydroxyl groups is 1. The van der Waals surface area contributed by atoms with Gasteiger partial charge in [-0.05, 0) is 31.4 Å². The maximum absolute atomic E-state index is 11.3. The average Bonchev–Trinajstić information content (AvgIpc) is 2.50. The minimum atomic E-state index is -0.961. The van der Waals surface area contributed by atoms with Crippen molar-refractivity contribution in [3.8, 4) is 11.5 Å². The van der Waals surface area contributed by atoms with Crippen LogP contribution in [0.1, 0.15) is 24.8 Å². The molecule has 0 atom stereocenters. The highest BCUT2D eigenvalue weighted by atomic mass is 16.5. The summed E-state index contributed by atoms with van der Waals surface area (Å²) < 4.78 is 10.4. The molecule has 0 aliphatic rings. The van der Waals surface area contributed by atoms with Crippen LogP contribution in [-0.4, -0.2) is 48.6 Å². The van der Waals surface area contributed by atoms with Gasteiger partial charge in [-0.1, -0.05) is 0 Å². The third-order valence-electron chi connectivity index (χ3n) is 3.21. The van der Waals surface area contributed by atoms with Crippen molar-refractivity contribution in [1.82, 2.24) is 4.90 Å². The molecular formula is C15H23NO5. The molecule has 6 heteroatoms. The molecule has 21 heavy (non-hydrogen) atoms. The van der Waals surface area contributed by atoms with Crippen LogP contribution in [0, 0.1) is 0 Å². The van der Waals surface area contributed by atoms with Gasteiger partial charge in [0.25, 0.3) is 0 Å². The van der Waals surface area contributed by atoms with Crippen molar-refractivity contribution >= 4 is 6.09 Å². The van der Waals surface area contributed by atoms with Gasteiger partial charge < -0.3 is 24.6 Å². The lowest BCUT2D eigenvalue weighted by Crippen LogP contribution is -2.30. The Morgan fingerprint density at radius 2 is 1.95 bits per heavy atom. The summed E-state index contributed by atoms with van der Waals surface area (Å²) in [6, 6.07) is 5.33. The van der Waals surface area contributed by atoms with Crippen molar-refractivity contribution in [2.45, 2.75) is 25.8 Å². The minimum absolute atomic E-state index is 0.138. The predicted molar refractivity (Wildman–Crippen MR) is 78.9 cm³/mol. The molecule has 1 amide bonds. The fourth-order valence-corrected chi connectivity index (χ4v) is 2.02. The second-order valence-corrected chi connectivity index (χ2v) is 4.67. The van der Waals surface area contributed by atoms with E-state index in [9.17, 15) is 9.90 Å². The molecule has 0 heterocycles. The number of methoxy groups -OCH3 is 2. The van der Waals surface area contributed by atoms with Gasteiger partial charge in [-0.2, -0.15) is 0 Å². The topological polar surface area (TPSA) is 79.2 Å². The van der Waals surface area contributed by atoms with Crippen molar-refractivity contribution in [1.29, 1.82) is 0 Å². The molecule has 1 aromatic carbocycles. The quantitative estimate of drug-likeness (QED) is 0.684. The van der Waals surface area contributed by atoms with Crippen LogP contribution in [0.5, 0.6) is 11.5 Å². The Hall–Kier alpha value is -1.95. The fourth-order valence-electron chi connectivity index (χ4n) is 2.02. The van der Waals surface area contributed by atoms with Crippen molar-refractivity contribution < 1.29 is 24.5 Å². The van der Waals surface area contributed by atoms with E-state index in [0.717, 1.165) is 18.4 Å². The van der Waals surface area contributed by atoms with E-state index >= 15 is 0 Å². The van der Waals surface area contributed by atoms with Gasteiger partial charge in [0.05, 0.1) is 20.8 Å². The first-order chi connectivity index (χ1) is 10.1. The van der Waals surface area contributed by atoms with E-state index < -0.39 is 6.09 Å². The SMILES string of the molecule is COc1ccc(CN(CCCCCO)C(=O)O)c(OC)c1. The summed E-state index contributed by atoms with van der Waals surface area (Å²) in [4.78, 5) is 12.7. The summed E-state index contributed by atoms with van der Waals surface area (Å²) in [7, 11) is 3.11. The lowest BCUT2D eigenvalue weighted by atomic mass is 10.1. The van der Waals surface area contributed by atoms with Crippen LogP contribution >= 0.6 is 0 Å². The third-order valence-corrected chi connectivity index (χ3v) is 3.21. The standard InChI is InChI=1S/C15H23NO5/c1-20-13-7-6-12(14(10-13)21-2)11-16(15(18)19)8-4-3-5-9-17/h6-7,10,17H,3-5,8-9,11H2,1-2H3,(H,18,19). The van der Waals surface area contributed by atoms with E-state index in [4.69, 9.17) is 14.6 Å². The van der Waals surface area contributed by atoms with Crippen LogP contribution < -0.4 is 9.47 Å². The summed E-state index contributed by atoms with van der Waals surface area (Å²) >= 11 is 0. The lowest BCUT2D eigenvalue weighted by Gasteiger charge is -2.20. The molecule has 118 valence electrons. The monoisotopic (exact) mass is 297 g/mol. The molecule has 0 aliphatic carbocycles. The van der Waals surface area contributed by atoms with Gasteiger partial charge >= 0.3 is 6.09 Å². The molecule has 1 rings (SSSR count). The van der Waals surface area contributed by atoms with E-state index in [2.05, 4.69) is 0 Å². The van der Waals surface area contributed by atoms with E-state index in [0.29, 0.717) is 24.5 Å². The summed E-state index contributed by atoms with van der Waals surface area (Å²) in [6.07, 6.45) is 1.27. The average molecular weight is 297 g/mol. The number of hydrogen-bond acceptors (Lipinski definition) is 4. The van der Waals surface area contributed by atoms with Crippen LogP contribution in [0.3, 0.4) is 0 Å². The molecule has 0 fully saturated rings. The first kappa shape index (κ1) is 17.1. The zero-order chi connectivity index (χ0) is 15.7. The number of unbranched alkanes of at least 4 members (excludes halogenated alkanes) is 2. The summed E-state index contributed by atoms with van der Waals surface area (Å²) in [6.45, 7) is 0.839. The number of hydrogen-bond donors (Lipinski definition) is 2. The van der Waals surface area contributed by atoms with Crippen molar-refractivity contribution in [2.24, 2.45) is 0 Å². The molecule has 0 radical (unpaired) electrons. The Bertz CT molecular complexity index is 450. The summed E-state index contributed by atoms with van der Waals surface area (Å²) in [5, 5.41) is 18.0. The van der Waals surface area contributed by atoms with Crippen LogP contribution in [0.25, 0.3) is 0 Å². The maximum Gasteiger partial charge on any atom is 0.407 e. The molecular weight excluding hydrogens is 274 g/mol. The highest BCUT2D eigenvalue weighted by Crippen LogP contribution is 2.25. The van der Waals surface area contributed by atoms with E-state index in [1.807, 2.05) is 0 Å². The fraction of sp³-hybridized carbons (Fsp3) is 0.533. The number of carbonyl (C=O) groups is 1. The lowest BCUT2D eigenvalue weighted by molar-refractivity contribution is 0.140. The van der Waals surface area contributed by atoms with E-state index in [-0.39, 0.29) is 13.2 Å². The maximum atomic E-state index is 11.3. The Morgan fingerprint density at radius 3 is 2.52 bits per heavy atom. The smallest absolute Gasteiger partial charge is 0.407 e. The highest BCUT2D eigenvalue weighted by Gasteiger charge is 2.15. The first-order valence-corrected chi connectivity index (χ1v) is 6.92. The Morgan fingerprint density at radius 1 is 1.19 bits per heavy atom. The highest BCUT2D eigenvalue weighted by molar-refractivity contribution is 5.65. The Labute approximate surface area is 124 Å². The zero-order valence-electron chi connectivity index (χ0n) is 12.5. The van der Waals surface area contributed by atoms with Crippen LogP contribution in [0.15, 0.2) is 18.2 Å². The molecule has 0 saturated carbocycles. The van der Waals surface area contributed by atoms with Gasteiger partial charge in [0, 0.05) is 24.8 Å². The van der Waals surface area contributed by atoms with Gasteiger partial charge in [-0.25, -0.2) is 4.79 Å². The molecule has 1 aromatic rings. The second-order valence-electron chi connectivity index (χ2n) is 4.67. The Balaban J connectivity index is 2.72. The first-order valence-electron chi connectivity index (χ1n) is 6.92. The molecule has 0 saturated heterocycles. The molecule has 0 unspecified atom stereocenters. The molecule has 6 nitrogen and oxygen atoms in total. The minimum Gasteiger partial charge on any atom is -0.497 e. The second kappa shape index (κ2) is 9.07. The molecule has 0 aromatic heterocycles. The summed E-state index contributed by atoms with van der Waals surface area (Å²) in [5.41, 5.74) is 0.794. The molecule has 0 aliphatic heterocycles. The third kappa shape index (κ3) is 5.51. The van der Waals surface area contributed by atoms with Crippen LogP contribution in [0.4, 0.5) is 4.79 Å². The van der Waals surface area contributed by atoms with Crippen LogP contribution in [-0.2, 0) is 6.54 Å². The molecule has 0 bridgehead atoms. The molecule has 0 spiro atoms. The number of benzene rings is 1. The van der Waals surface area contributed by atoms with Gasteiger partial charge in [-0.3, -0.25) is 0 Å². The van der Waals surface area contributed by atoms with Crippen LogP contribution in [0.2, 0.25) is 0 Å². The zero-order valence-corrected chi connectivity index (χ0v) is 12.5. The number of aliphatic hydroxyl groups excluding tert-OH is 1. The number of rotatable bonds is 9. The summed E-state index contributed by atoms with van der Waals surface area (Å²) in [5.74, 6) is 1.27. The van der Waals surface area contributed by atoms with Gasteiger partial charge in [0.1, 0.15) is 11.5 Å². The Kier molecular flexibility index (Phi) is 7.39. The van der Waals surface area contributed by atoms with Crippen molar-refractivity contribution in [2.75, 3.05) is 27.4 Å². The number of nitrogens with zero attached hydrogens (tertiary/aromatic N) is 1. The van der Waals surface area contributed by atoms with E-state index in [1.165, 1.54) is 4.90 Å². The predicted octanol–water partition coefficient (Wildman–Crippen LogP) is 2.35. The van der Waals surface area contributed by atoms with Crippen molar-refractivity contribution in [3.05, 3.63) is 23.8 Å². The van der Waals surface area contributed by atoms with Gasteiger partial charge in [0.2, 0.25) is 0 Å². The van der Waals surface area contributed by atoms with Gasteiger partial charge in [0.15, 0.2) is 0 Å². The number of amides is 1. The number of carboxylic acid groups (broad SMARTS) is 1.